The Morgan fingerprint density at radius 1 is 1.25 bits per heavy atom. The van der Waals surface area contributed by atoms with Crippen LogP contribution in [0.4, 0.5) is 0 Å². The average Bonchev–Trinajstić information content (AvgIpc) is 2.30. The van der Waals surface area contributed by atoms with Crippen LogP contribution in [0.2, 0.25) is 0 Å². The molecule has 96 valence electrons. The van der Waals surface area contributed by atoms with Crippen LogP contribution in [0.25, 0.3) is 0 Å². The zero-order valence-electron chi connectivity index (χ0n) is 10.6. The third-order valence-electron chi connectivity index (χ3n) is 3.34. The van der Waals surface area contributed by atoms with Crippen LogP contribution in [0.15, 0.2) is 0 Å². The monoisotopic (exact) mass is 248 g/mol. The van der Waals surface area contributed by atoms with Gasteiger partial charge in [-0.05, 0) is 39.0 Å². The molecule has 0 heterocycles. The van der Waals surface area contributed by atoms with E-state index in [9.17, 15) is 0 Å². The predicted molar refractivity (Wildman–Crippen MR) is 67.9 cm³/mol. The van der Waals surface area contributed by atoms with E-state index in [1.807, 2.05) is 13.8 Å². The minimum atomic E-state index is -0.0971. The first-order chi connectivity index (χ1) is 7.77. The number of ether oxygens (including phenoxy) is 2. The molecule has 1 aliphatic rings. The summed E-state index contributed by atoms with van der Waals surface area (Å²) >= 11 is 5.86. The molecule has 16 heavy (non-hydrogen) atoms. The predicted octanol–water partition coefficient (Wildman–Crippen LogP) is 3.96. The first kappa shape index (κ1) is 14.3. The molecule has 0 amide bonds. The van der Waals surface area contributed by atoms with Crippen molar-refractivity contribution in [1.82, 2.24) is 0 Å². The Labute approximate surface area is 105 Å². The van der Waals surface area contributed by atoms with Crippen LogP contribution in [0.1, 0.15) is 52.4 Å². The summed E-state index contributed by atoms with van der Waals surface area (Å²) in [5.74, 6) is 1.37. The van der Waals surface area contributed by atoms with Crippen LogP contribution in [0.5, 0.6) is 0 Å². The summed E-state index contributed by atoms with van der Waals surface area (Å²) in [6.07, 6.45) is 7.79. The second-order valence-electron chi connectivity index (χ2n) is 4.57. The normalized spacial score (nSPS) is 21.9. The highest BCUT2D eigenvalue weighted by atomic mass is 35.5. The second kappa shape index (κ2) is 8.32. The molecule has 2 atom stereocenters. The maximum Gasteiger partial charge on any atom is 0.155 e. The molecule has 0 aliphatic heterocycles. The molecule has 0 saturated heterocycles. The van der Waals surface area contributed by atoms with E-state index >= 15 is 0 Å². The molecule has 2 nitrogen and oxygen atoms in total. The Morgan fingerprint density at radius 3 is 2.50 bits per heavy atom. The third kappa shape index (κ3) is 5.03. The van der Waals surface area contributed by atoms with Crippen LogP contribution in [0, 0.1) is 5.92 Å². The highest BCUT2D eigenvalue weighted by molar-refractivity contribution is 6.17. The van der Waals surface area contributed by atoms with Gasteiger partial charge in [-0.15, -0.1) is 11.6 Å². The van der Waals surface area contributed by atoms with Crippen LogP contribution in [-0.2, 0) is 9.47 Å². The average molecular weight is 249 g/mol. The van der Waals surface area contributed by atoms with Gasteiger partial charge in [-0.3, -0.25) is 0 Å². The van der Waals surface area contributed by atoms with Gasteiger partial charge in [0, 0.05) is 12.5 Å². The van der Waals surface area contributed by atoms with E-state index in [-0.39, 0.29) is 6.29 Å². The lowest BCUT2D eigenvalue weighted by atomic mass is 9.84. The van der Waals surface area contributed by atoms with E-state index in [2.05, 4.69) is 0 Å². The van der Waals surface area contributed by atoms with E-state index < -0.39 is 0 Å². The van der Waals surface area contributed by atoms with E-state index in [4.69, 9.17) is 21.1 Å². The van der Waals surface area contributed by atoms with Crippen molar-refractivity contribution in [3.63, 3.8) is 0 Å². The molecule has 0 aromatic heterocycles. The van der Waals surface area contributed by atoms with Gasteiger partial charge in [0.15, 0.2) is 6.29 Å². The van der Waals surface area contributed by atoms with Crippen molar-refractivity contribution in [2.24, 2.45) is 5.92 Å². The van der Waals surface area contributed by atoms with Gasteiger partial charge in [-0.1, -0.05) is 19.3 Å². The lowest BCUT2D eigenvalue weighted by molar-refractivity contribution is -0.172. The maximum absolute atomic E-state index is 5.96. The summed E-state index contributed by atoms with van der Waals surface area (Å²) in [4.78, 5) is 0. The third-order valence-corrected chi connectivity index (χ3v) is 3.56. The van der Waals surface area contributed by atoms with Crippen molar-refractivity contribution >= 4 is 11.6 Å². The zero-order valence-corrected chi connectivity index (χ0v) is 11.3. The smallest absolute Gasteiger partial charge is 0.155 e. The van der Waals surface area contributed by atoms with Gasteiger partial charge in [-0.2, -0.15) is 0 Å². The van der Waals surface area contributed by atoms with Gasteiger partial charge < -0.3 is 9.47 Å². The van der Waals surface area contributed by atoms with Crippen molar-refractivity contribution in [1.29, 1.82) is 0 Å². The van der Waals surface area contributed by atoms with Crippen molar-refractivity contribution in [2.75, 3.05) is 12.5 Å². The molecule has 0 aromatic carbocycles. The van der Waals surface area contributed by atoms with Gasteiger partial charge in [-0.25, -0.2) is 0 Å². The van der Waals surface area contributed by atoms with Gasteiger partial charge in [0.2, 0.25) is 0 Å². The van der Waals surface area contributed by atoms with Gasteiger partial charge in [0.1, 0.15) is 0 Å². The highest BCUT2D eigenvalue weighted by Crippen LogP contribution is 2.30. The van der Waals surface area contributed by atoms with E-state index in [1.54, 1.807) is 0 Å². The van der Waals surface area contributed by atoms with Crippen molar-refractivity contribution in [3.8, 4) is 0 Å². The van der Waals surface area contributed by atoms with Crippen LogP contribution in [-0.4, -0.2) is 24.9 Å². The minimum Gasteiger partial charge on any atom is -0.353 e. The molecule has 1 saturated carbocycles. The molecule has 1 rings (SSSR count). The molecule has 1 aliphatic carbocycles. The molecule has 0 radical (unpaired) electrons. The van der Waals surface area contributed by atoms with Gasteiger partial charge in [0.25, 0.3) is 0 Å². The summed E-state index contributed by atoms with van der Waals surface area (Å²) in [5.41, 5.74) is 0. The van der Waals surface area contributed by atoms with E-state index in [0.29, 0.717) is 24.5 Å². The lowest BCUT2D eigenvalue weighted by Gasteiger charge is -2.31. The SMILES string of the molecule is CCOC(C)O[C@H](CCCl)C1CCCCC1. The molecular weight excluding hydrogens is 224 g/mol. The zero-order chi connectivity index (χ0) is 11.8. The second-order valence-corrected chi connectivity index (χ2v) is 4.95. The summed E-state index contributed by atoms with van der Waals surface area (Å²) in [5, 5.41) is 0. The first-order valence-electron chi connectivity index (χ1n) is 6.61. The Kier molecular flexibility index (Phi) is 7.42. The van der Waals surface area contributed by atoms with Crippen molar-refractivity contribution < 1.29 is 9.47 Å². The number of hydrogen-bond donors (Lipinski definition) is 0. The van der Waals surface area contributed by atoms with E-state index in [0.717, 1.165) is 6.42 Å². The minimum absolute atomic E-state index is 0.0971. The molecule has 1 fully saturated rings. The Balaban J connectivity index is 2.38. The molecule has 0 spiro atoms. The quantitative estimate of drug-likeness (QED) is 0.502. The van der Waals surface area contributed by atoms with Crippen molar-refractivity contribution in [2.45, 2.75) is 64.8 Å². The number of rotatable bonds is 7. The summed E-state index contributed by atoms with van der Waals surface area (Å²) in [6.45, 7) is 4.68. The van der Waals surface area contributed by atoms with Crippen LogP contribution in [0.3, 0.4) is 0 Å². The number of halogens is 1. The van der Waals surface area contributed by atoms with Crippen LogP contribution >= 0.6 is 11.6 Å². The molecular formula is C13H25ClO2. The lowest BCUT2D eigenvalue weighted by Crippen LogP contribution is -2.31. The number of alkyl halides is 1. The first-order valence-corrected chi connectivity index (χ1v) is 7.14. The molecule has 3 heteroatoms. The van der Waals surface area contributed by atoms with Crippen molar-refractivity contribution in [3.05, 3.63) is 0 Å². The topological polar surface area (TPSA) is 18.5 Å². The Bertz CT molecular complexity index is 169. The van der Waals surface area contributed by atoms with E-state index in [1.165, 1.54) is 32.1 Å². The summed E-state index contributed by atoms with van der Waals surface area (Å²) in [7, 11) is 0. The highest BCUT2D eigenvalue weighted by Gasteiger charge is 2.25. The fourth-order valence-electron chi connectivity index (χ4n) is 2.55. The van der Waals surface area contributed by atoms with Gasteiger partial charge in [0.05, 0.1) is 6.10 Å². The maximum atomic E-state index is 5.96. The Morgan fingerprint density at radius 2 is 1.94 bits per heavy atom. The molecule has 0 bridgehead atoms. The van der Waals surface area contributed by atoms with Gasteiger partial charge >= 0.3 is 0 Å². The molecule has 0 aromatic rings. The summed E-state index contributed by atoms with van der Waals surface area (Å²) < 4.78 is 11.4. The standard InChI is InChI=1S/C13H25ClO2/c1-3-15-11(2)16-13(9-10-14)12-7-5-4-6-8-12/h11-13H,3-10H2,1-2H3/t11?,13-/m1/s1. The Hall–Kier alpha value is 0.210. The molecule has 1 unspecified atom stereocenters. The molecule has 0 N–H and O–H groups in total. The largest absolute Gasteiger partial charge is 0.353 e. The fraction of sp³-hybridized carbons (Fsp3) is 1.00. The van der Waals surface area contributed by atoms with Crippen LogP contribution < -0.4 is 0 Å². The fourth-order valence-corrected chi connectivity index (χ4v) is 2.76. The summed E-state index contributed by atoms with van der Waals surface area (Å²) in [6, 6.07) is 0. The number of hydrogen-bond acceptors (Lipinski definition) is 2.